The monoisotopic (exact) mass is 427 g/mol. The van der Waals surface area contributed by atoms with Crippen molar-refractivity contribution in [3.05, 3.63) is 63.8 Å². The van der Waals surface area contributed by atoms with Gasteiger partial charge in [0, 0.05) is 37.8 Å². The Hall–Kier alpha value is -3.53. The molecule has 1 fully saturated rings. The van der Waals surface area contributed by atoms with E-state index in [1.807, 2.05) is 36.1 Å². The van der Waals surface area contributed by atoms with Crippen LogP contribution in [0.3, 0.4) is 0 Å². The normalized spacial score (nSPS) is 14.6. The third-order valence-corrected chi connectivity index (χ3v) is 5.37. The molecule has 1 saturated heterocycles. The van der Waals surface area contributed by atoms with Crippen molar-refractivity contribution >= 4 is 11.4 Å². The molecule has 0 saturated carbocycles. The van der Waals surface area contributed by atoms with E-state index in [4.69, 9.17) is 9.26 Å². The molecule has 2 heterocycles. The molecular weight excluding hydrogens is 405 g/mol. The van der Waals surface area contributed by atoms with E-state index >= 15 is 0 Å². The largest absolute Gasteiger partial charge is 0.494 e. The lowest BCUT2D eigenvalue weighted by Crippen LogP contribution is -2.46. The standard InChI is InChI=1S/C21H22FN5O4/c1-14-5-3-4-6-15(14)21-23-20(31-24-21)13-25-7-9-26(10-8-25)17-12-19(30-2)16(22)11-18(17)27(28)29/h3-6,11-12H,7-10,13H2,1-2H3. The Kier molecular flexibility index (Phi) is 5.81. The molecule has 0 amide bonds. The number of ether oxygens (including phenoxy) is 1. The molecule has 1 aromatic heterocycles. The summed E-state index contributed by atoms with van der Waals surface area (Å²) < 4.78 is 24.3. The van der Waals surface area contributed by atoms with Gasteiger partial charge in [0.15, 0.2) is 11.6 Å². The molecule has 1 aliphatic rings. The minimum atomic E-state index is -0.752. The number of anilines is 1. The van der Waals surface area contributed by atoms with Gasteiger partial charge in [-0.3, -0.25) is 15.0 Å². The summed E-state index contributed by atoms with van der Waals surface area (Å²) in [5.74, 6) is 0.303. The first-order chi connectivity index (χ1) is 15.0. The molecule has 0 unspecified atom stereocenters. The van der Waals surface area contributed by atoms with Gasteiger partial charge >= 0.3 is 0 Å². The molecule has 0 aliphatic carbocycles. The number of halogens is 1. The maximum atomic E-state index is 13.9. The maximum Gasteiger partial charge on any atom is 0.295 e. The van der Waals surface area contributed by atoms with Gasteiger partial charge in [-0.15, -0.1) is 0 Å². The van der Waals surface area contributed by atoms with E-state index in [0.717, 1.165) is 17.2 Å². The molecule has 162 valence electrons. The second-order valence-electron chi connectivity index (χ2n) is 7.32. The number of piperazine rings is 1. The van der Waals surface area contributed by atoms with Crippen LogP contribution in [0.5, 0.6) is 5.75 Å². The average molecular weight is 427 g/mol. The Morgan fingerprint density at radius 3 is 2.65 bits per heavy atom. The van der Waals surface area contributed by atoms with Crippen molar-refractivity contribution in [2.45, 2.75) is 13.5 Å². The SMILES string of the molecule is COc1cc(N2CCN(Cc3nc(-c4ccccc4C)no3)CC2)c([N+](=O)[O-])cc1F. The quantitative estimate of drug-likeness (QED) is 0.436. The summed E-state index contributed by atoms with van der Waals surface area (Å²) in [6, 6.07) is 10.1. The third-order valence-electron chi connectivity index (χ3n) is 5.37. The Morgan fingerprint density at radius 2 is 1.97 bits per heavy atom. The average Bonchev–Trinajstić information content (AvgIpc) is 3.22. The van der Waals surface area contributed by atoms with Crippen molar-refractivity contribution in [2.24, 2.45) is 0 Å². The molecule has 10 heteroatoms. The van der Waals surface area contributed by atoms with Crippen LogP contribution in [-0.2, 0) is 6.54 Å². The van der Waals surface area contributed by atoms with Gasteiger partial charge in [0.05, 0.1) is 24.6 Å². The van der Waals surface area contributed by atoms with E-state index in [9.17, 15) is 14.5 Å². The molecule has 1 aliphatic heterocycles. The number of nitro benzene ring substituents is 1. The van der Waals surface area contributed by atoms with Crippen LogP contribution in [0.15, 0.2) is 40.9 Å². The first-order valence-corrected chi connectivity index (χ1v) is 9.84. The van der Waals surface area contributed by atoms with Gasteiger partial charge in [-0.2, -0.15) is 4.98 Å². The van der Waals surface area contributed by atoms with Gasteiger partial charge in [0.25, 0.3) is 5.69 Å². The lowest BCUT2D eigenvalue weighted by atomic mass is 10.1. The van der Waals surface area contributed by atoms with Gasteiger partial charge in [-0.1, -0.05) is 29.4 Å². The van der Waals surface area contributed by atoms with E-state index < -0.39 is 10.7 Å². The molecule has 9 nitrogen and oxygen atoms in total. The van der Waals surface area contributed by atoms with Crippen LogP contribution in [-0.4, -0.2) is 53.3 Å². The number of rotatable bonds is 6. The van der Waals surface area contributed by atoms with Crippen LogP contribution in [0.25, 0.3) is 11.4 Å². The number of aromatic nitrogens is 2. The minimum absolute atomic E-state index is 0.0161. The Labute approximate surface area is 178 Å². The van der Waals surface area contributed by atoms with Gasteiger partial charge in [0.2, 0.25) is 11.7 Å². The van der Waals surface area contributed by atoms with Gasteiger partial charge in [-0.25, -0.2) is 4.39 Å². The Bertz CT molecular complexity index is 1100. The van der Waals surface area contributed by atoms with E-state index in [1.165, 1.54) is 13.2 Å². The zero-order chi connectivity index (χ0) is 22.0. The molecule has 0 bridgehead atoms. The molecule has 4 rings (SSSR count). The summed E-state index contributed by atoms with van der Waals surface area (Å²) in [7, 11) is 1.33. The zero-order valence-electron chi connectivity index (χ0n) is 17.2. The first-order valence-electron chi connectivity index (χ1n) is 9.84. The van der Waals surface area contributed by atoms with E-state index in [-0.39, 0.29) is 11.4 Å². The van der Waals surface area contributed by atoms with Crippen molar-refractivity contribution in [1.29, 1.82) is 0 Å². The molecule has 0 spiro atoms. The highest BCUT2D eigenvalue weighted by Gasteiger charge is 2.27. The van der Waals surface area contributed by atoms with Crippen LogP contribution in [0, 0.1) is 22.9 Å². The smallest absolute Gasteiger partial charge is 0.295 e. The van der Waals surface area contributed by atoms with Gasteiger partial charge < -0.3 is 14.2 Å². The summed E-state index contributed by atoms with van der Waals surface area (Å²) in [5.41, 5.74) is 2.08. The highest BCUT2D eigenvalue weighted by molar-refractivity contribution is 5.66. The highest BCUT2D eigenvalue weighted by Crippen LogP contribution is 2.35. The summed E-state index contributed by atoms with van der Waals surface area (Å²) in [6.07, 6.45) is 0. The van der Waals surface area contributed by atoms with Crippen molar-refractivity contribution in [3.8, 4) is 17.1 Å². The topological polar surface area (TPSA) is 97.8 Å². The number of nitrogens with zero attached hydrogens (tertiary/aromatic N) is 5. The van der Waals surface area contributed by atoms with E-state index in [2.05, 4.69) is 15.0 Å². The van der Waals surface area contributed by atoms with Crippen LogP contribution >= 0.6 is 0 Å². The number of hydrogen-bond acceptors (Lipinski definition) is 8. The third kappa shape index (κ3) is 4.33. The molecule has 0 N–H and O–H groups in total. The van der Waals surface area contributed by atoms with Crippen LogP contribution in [0.4, 0.5) is 15.8 Å². The van der Waals surface area contributed by atoms with Crippen molar-refractivity contribution in [2.75, 3.05) is 38.2 Å². The highest BCUT2D eigenvalue weighted by atomic mass is 19.1. The molecule has 31 heavy (non-hydrogen) atoms. The first kappa shape index (κ1) is 20.7. The van der Waals surface area contributed by atoms with Crippen molar-refractivity contribution < 1.29 is 18.6 Å². The Morgan fingerprint density at radius 1 is 1.23 bits per heavy atom. The summed E-state index contributed by atoms with van der Waals surface area (Å²) >= 11 is 0. The van der Waals surface area contributed by atoms with Crippen LogP contribution in [0.1, 0.15) is 11.5 Å². The van der Waals surface area contributed by atoms with Gasteiger partial charge in [-0.05, 0) is 12.5 Å². The fourth-order valence-corrected chi connectivity index (χ4v) is 3.68. The fourth-order valence-electron chi connectivity index (χ4n) is 3.68. The number of hydrogen-bond donors (Lipinski definition) is 0. The predicted molar refractivity (Wildman–Crippen MR) is 112 cm³/mol. The molecular formula is C21H22FN5O4. The molecule has 0 atom stereocenters. The van der Waals surface area contributed by atoms with Crippen LogP contribution in [0.2, 0.25) is 0 Å². The second kappa shape index (κ2) is 8.68. The Balaban J connectivity index is 1.43. The lowest BCUT2D eigenvalue weighted by molar-refractivity contribution is -0.384. The number of benzene rings is 2. The summed E-state index contributed by atoms with van der Waals surface area (Å²) in [6.45, 7) is 4.83. The van der Waals surface area contributed by atoms with Crippen molar-refractivity contribution in [3.63, 3.8) is 0 Å². The minimum Gasteiger partial charge on any atom is -0.494 e. The lowest BCUT2D eigenvalue weighted by Gasteiger charge is -2.35. The number of aryl methyl sites for hydroxylation is 1. The number of methoxy groups -OCH3 is 1. The number of nitro groups is 1. The molecule has 2 aromatic carbocycles. The zero-order valence-corrected chi connectivity index (χ0v) is 17.2. The van der Waals surface area contributed by atoms with Crippen LogP contribution < -0.4 is 9.64 Å². The fraction of sp³-hybridized carbons (Fsp3) is 0.333. The second-order valence-corrected chi connectivity index (χ2v) is 7.32. The van der Waals surface area contributed by atoms with E-state index in [1.54, 1.807) is 0 Å². The molecule has 0 radical (unpaired) electrons. The predicted octanol–water partition coefficient (Wildman–Crippen LogP) is 3.42. The van der Waals surface area contributed by atoms with Crippen molar-refractivity contribution in [1.82, 2.24) is 15.0 Å². The van der Waals surface area contributed by atoms with E-state index in [0.29, 0.717) is 50.1 Å². The summed E-state index contributed by atoms with van der Waals surface area (Å²) in [4.78, 5) is 19.3. The summed E-state index contributed by atoms with van der Waals surface area (Å²) in [5, 5.41) is 15.5. The van der Waals surface area contributed by atoms with Gasteiger partial charge in [0.1, 0.15) is 5.69 Å². The maximum absolute atomic E-state index is 13.9. The molecule has 3 aromatic rings.